The smallest absolute Gasteiger partial charge is 0.406 e. The van der Waals surface area contributed by atoms with E-state index < -0.39 is 18.0 Å². The van der Waals surface area contributed by atoms with Crippen LogP contribution in [0, 0.1) is 6.92 Å². The summed E-state index contributed by atoms with van der Waals surface area (Å²) < 4.78 is 51.8. The number of nitrogens with one attached hydrogen (secondary N) is 1. The highest BCUT2D eigenvalue weighted by molar-refractivity contribution is 6.04. The number of piperazine rings is 1. The zero-order valence-electron chi connectivity index (χ0n) is 23.1. The third kappa shape index (κ3) is 5.70. The van der Waals surface area contributed by atoms with Gasteiger partial charge in [0.25, 0.3) is 5.91 Å². The van der Waals surface area contributed by atoms with E-state index in [1.54, 1.807) is 13.2 Å². The number of aromatic nitrogens is 4. The Kier molecular flexibility index (Phi) is 7.37. The maximum atomic E-state index is 13.0. The highest BCUT2D eigenvalue weighted by Crippen LogP contribution is 2.34. The Morgan fingerprint density at radius 1 is 1.10 bits per heavy atom. The Hall–Kier alpha value is -4.36. The Balaban J connectivity index is 1.34. The van der Waals surface area contributed by atoms with Crippen molar-refractivity contribution in [2.45, 2.75) is 19.3 Å². The monoisotopic (exact) mass is 581 g/mol. The predicted molar refractivity (Wildman–Crippen MR) is 150 cm³/mol. The van der Waals surface area contributed by atoms with Gasteiger partial charge in [-0.2, -0.15) is 0 Å². The molecule has 3 aliphatic rings. The first kappa shape index (κ1) is 27.8. The van der Waals surface area contributed by atoms with Gasteiger partial charge in [-0.25, -0.2) is 0 Å². The molecule has 1 atom stereocenters. The minimum atomic E-state index is -4.86. The summed E-state index contributed by atoms with van der Waals surface area (Å²) in [5.74, 6) is -1.06. The van der Waals surface area contributed by atoms with Crippen LogP contribution in [0.1, 0.15) is 22.1 Å². The Morgan fingerprint density at radius 2 is 1.90 bits per heavy atom. The van der Waals surface area contributed by atoms with E-state index in [0.717, 1.165) is 73.2 Å². The molecule has 3 aromatic heterocycles. The summed E-state index contributed by atoms with van der Waals surface area (Å²) in [6, 6.07) is 8.86. The van der Waals surface area contributed by atoms with Crippen molar-refractivity contribution < 1.29 is 27.4 Å². The maximum Gasteiger partial charge on any atom is 0.573 e. The average molecular weight is 582 g/mol. The van der Waals surface area contributed by atoms with Crippen molar-refractivity contribution in [3.05, 3.63) is 72.4 Å². The summed E-state index contributed by atoms with van der Waals surface area (Å²) in [5, 5.41) is 2.75. The van der Waals surface area contributed by atoms with Crippen molar-refractivity contribution in [2.75, 3.05) is 56.7 Å². The predicted octanol–water partition coefficient (Wildman–Crippen LogP) is 4.52. The normalized spacial score (nSPS) is 18.4. The molecular weight excluding hydrogens is 551 g/mol. The third-order valence-electron chi connectivity index (χ3n) is 7.55. The molecule has 1 amide bonds. The lowest BCUT2D eigenvalue weighted by Crippen LogP contribution is -2.48. The number of hydrogen-bond donors (Lipinski definition) is 1. The molecule has 0 spiro atoms. The number of carbonyl (C=O) groups excluding carboxylic acids is 1. The van der Waals surface area contributed by atoms with E-state index in [0.29, 0.717) is 12.3 Å². The molecular formula is C29H30F3N7O3. The molecule has 4 aromatic rings. The summed E-state index contributed by atoms with van der Waals surface area (Å²) in [7, 11) is 1.69. The van der Waals surface area contributed by atoms with Crippen LogP contribution in [0.15, 0.2) is 61.2 Å². The number of nitrogens with zero attached hydrogens (tertiary/aromatic N) is 6. The Morgan fingerprint density at radius 3 is 2.67 bits per heavy atom. The molecule has 0 radical (unpaired) electrons. The van der Waals surface area contributed by atoms with Crippen LogP contribution in [0.5, 0.6) is 5.75 Å². The number of benzene rings is 1. The zero-order valence-corrected chi connectivity index (χ0v) is 23.1. The second-order valence-corrected chi connectivity index (χ2v) is 10.4. The Bertz CT molecular complexity index is 1590. The van der Waals surface area contributed by atoms with Crippen molar-refractivity contribution in [2.24, 2.45) is 0 Å². The van der Waals surface area contributed by atoms with Crippen molar-refractivity contribution >= 4 is 17.3 Å². The zero-order chi connectivity index (χ0) is 29.4. The van der Waals surface area contributed by atoms with Crippen molar-refractivity contribution in [1.82, 2.24) is 24.2 Å². The van der Waals surface area contributed by atoms with Gasteiger partial charge in [-0.15, -0.1) is 13.2 Å². The molecule has 13 heteroatoms. The summed E-state index contributed by atoms with van der Waals surface area (Å²) in [5.41, 5.74) is 4.95. The van der Waals surface area contributed by atoms with Gasteiger partial charge in [0.05, 0.1) is 59.7 Å². The van der Waals surface area contributed by atoms with E-state index in [1.807, 2.05) is 30.2 Å². The maximum absolute atomic E-state index is 13.0. The molecule has 10 nitrogen and oxygen atoms in total. The molecule has 1 unspecified atom stereocenters. The molecule has 220 valence electrons. The highest BCUT2D eigenvalue weighted by atomic mass is 19.4. The van der Waals surface area contributed by atoms with E-state index in [4.69, 9.17) is 4.74 Å². The van der Waals surface area contributed by atoms with Gasteiger partial charge in [-0.1, -0.05) is 6.07 Å². The molecule has 42 heavy (non-hydrogen) atoms. The number of fused-ring (bicyclic) bond motifs is 3. The number of anilines is 2. The fourth-order valence-corrected chi connectivity index (χ4v) is 5.54. The van der Waals surface area contributed by atoms with Crippen LogP contribution in [0.25, 0.3) is 16.9 Å². The van der Waals surface area contributed by atoms with E-state index in [9.17, 15) is 18.0 Å². The minimum Gasteiger partial charge on any atom is -0.406 e. The molecule has 1 saturated heterocycles. The largest absolute Gasteiger partial charge is 0.573 e. The van der Waals surface area contributed by atoms with Crippen LogP contribution in [0.2, 0.25) is 0 Å². The lowest BCUT2D eigenvalue weighted by atomic mass is 10.1. The fraction of sp³-hybridized carbons (Fsp3) is 0.345. The van der Waals surface area contributed by atoms with Crippen LogP contribution in [0.3, 0.4) is 0 Å². The first-order valence-corrected chi connectivity index (χ1v) is 13.5. The topological polar surface area (TPSA) is 89.7 Å². The number of alkyl halides is 3. The number of aryl methyl sites for hydroxylation is 1. The number of carbonyl (C=O) groups is 1. The number of rotatable bonds is 6. The SMILES string of the molecule is COCC1CN2CCN(CC2)c2cncc(c2)-c2cn(-c3cc(NC(=O)c4cccc(OC(F)(F)F)c4)cnc3C)n21. The van der Waals surface area contributed by atoms with Gasteiger partial charge in [0.15, 0.2) is 0 Å². The highest BCUT2D eigenvalue weighted by Gasteiger charge is 2.32. The fourth-order valence-electron chi connectivity index (χ4n) is 5.54. The van der Waals surface area contributed by atoms with E-state index in [2.05, 4.69) is 40.6 Å². The summed E-state index contributed by atoms with van der Waals surface area (Å²) in [4.78, 5) is 26.8. The number of amides is 1. The van der Waals surface area contributed by atoms with Crippen LogP contribution < -0.4 is 15.0 Å². The summed E-state index contributed by atoms with van der Waals surface area (Å²) >= 11 is 0. The standard InChI is InChI=1S/C29H30F3N7O3/c1-19-26(12-22(14-34-19)35-28(40)20-4-3-5-25(11-20)42-29(30,31)32)38-17-27-21-10-23(15-33-13-21)37-8-6-36(7-9-37)16-24(18-41-2)39(27)38/h3-5,10-15,17,24H,6-9,16,18H2,1-2H3,(H,35,40). The van der Waals surface area contributed by atoms with Gasteiger partial charge in [-0.3, -0.25) is 29.0 Å². The van der Waals surface area contributed by atoms with Crippen molar-refractivity contribution in [1.29, 1.82) is 0 Å². The van der Waals surface area contributed by atoms with Gasteiger partial charge < -0.3 is 19.7 Å². The van der Waals surface area contributed by atoms with Crippen LogP contribution >= 0.6 is 0 Å². The molecule has 0 aliphatic carbocycles. The quantitative estimate of drug-likeness (QED) is 0.358. The van der Waals surface area contributed by atoms with E-state index >= 15 is 0 Å². The molecule has 1 N–H and O–H groups in total. The molecule has 7 rings (SSSR count). The Labute approximate surface area is 240 Å². The molecule has 0 saturated carbocycles. The van der Waals surface area contributed by atoms with Crippen LogP contribution in [-0.4, -0.2) is 82.9 Å². The molecule has 1 aromatic carbocycles. The van der Waals surface area contributed by atoms with Gasteiger partial charge in [0.2, 0.25) is 0 Å². The number of ether oxygens (including phenoxy) is 2. The summed E-state index contributed by atoms with van der Waals surface area (Å²) in [6.07, 6.45) is 2.43. The van der Waals surface area contributed by atoms with Crippen LogP contribution in [0.4, 0.5) is 24.5 Å². The molecule has 4 bridgehead atoms. The number of halogens is 3. The molecule has 6 heterocycles. The van der Waals surface area contributed by atoms with Gasteiger partial charge in [0, 0.05) is 57.2 Å². The van der Waals surface area contributed by atoms with Gasteiger partial charge in [-0.05, 0) is 37.3 Å². The van der Waals surface area contributed by atoms with Gasteiger partial charge >= 0.3 is 6.36 Å². The number of methoxy groups -OCH3 is 1. The second kappa shape index (κ2) is 11.1. The summed E-state index contributed by atoms with van der Waals surface area (Å²) in [6.45, 7) is 6.85. The van der Waals surface area contributed by atoms with E-state index in [-0.39, 0.29) is 11.6 Å². The third-order valence-corrected chi connectivity index (χ3v) is 7.55. The van der Waals surface area contributed by atoms with Gasteiger partial charge in [0.1, 0.15) is 5.75 Å². The minimum absolute atomic E-state index is 0.0164. The number of hydrogen-bond acceptors (Lipinski definition) is 7. The molecule has 1 fully saturated rings. The first-order valence-electron chi connectivity index (χ1n) is 13.5. The molecule has 3 aliphatic heterocycles. The second-order valence-electron chi connectivity index (χ2n) is 10.4. The van der Waals surface area contributed by atoms with Crippen molar-refractivity contribution in [3.8, 4) is 22.7 Å². The van der Waals surface area contributed by atoms with Crippen LogP contribution in [-0.2, 0) is 4.74 Å². The van der Waals surface area contributed by atoms with E-state index in [1.165, 1.54) is 18.3 Å². The first-order chi connectivity index (χ1) is 20.2. The van der Waals surface area contributed by atoms with Crippen molar-refractivity contribution in [3.63, 3.8) is 0 Å². The lowest BCUT2D eigenvalue weighted by Gasteiger charge is -2.38. The number of pyridine rings is 2. The lowest BCUT2D eigenvalue weighted by molar-refractivity contribution is -0.274. The average Bonchev–Trinajstić information content (AvgIpc) is 2.95.